The van der Waals surface area contributed by atoms with Gasteiger partial charge in [0, 0.05) is 5.25 Å². The number of benzene rings is 1. The molecule has 2 heterocycles. The molecule has 3 rings (SSSR count). The van der Waals surface area contributed by atoms with Gasteiger partial charge in [0.15, 0.2) is 21.8 Å². The van der Waals surface area contributed by atoms with Crippen LogP contribution in [0.5, 0.6) is 0 Å². The van der Waals surface area contributed by atoms with Crippen LogP contribution in [0.2, 0.25) is 0 Å². The highest BCUT2D eigenvalue weighted by atomic mass is 35.5. The molecule has 4 N–H and O–H groups in total. The molecular weight excluding hydrogens is 414 g/mol. The maximum Gasteiger partial charge on any atom is 0.192 e. The average Bonchev–Trinajstić information content (AvgIpc) is 3.02. The van der Waals surface area contributed by atoms with Crippen LogP contribution in [0, 0.1) is 5.92 Å². The van der Waals surface area contributed by atoms with E-state index in [0.29, 0.717) is 27.7 Å². The number of halogens is 1. The van der Waals surface area contributed by atoms with Crippen molar-refractivity contribution < 1.29 is 5.11 Å². The number of hydrogen-bond acceptors (Lipinski definition) is 8. The van der Waals surface area contributed by atoms with Crippen LogP contribution in [0.3, 0.4) is 0 Å². The molecule has 9 heteroatoms. The minimum atomic E-state index is -0.0733. The Labute approximate surface area is 179 Å². The van der Waals surface area contributed by atoms with Crippen molar-refractivity contribution in [2.75, 3.05) is 17.7 Å². The molecule has 2 atom stereocenters. The van der Waals surface area contributed by atoms with Crippen molar-refractivity contribution in [1.29, 1.82) is 0 Å². The SMILES string of the molecule is CC(C)C[C@H](CO)Nc1nc(S[C@@H](C)c2ccccc2)nc2nc(N)sc12.Cl. The number of rotatable bonds is 8. The van der Waals surface area contributed by atoms with E-state index in [1.807, 2.05) is 18.2 Å². The minimum Gasteiger partial charge on any atom is -0.394 e. The Morgan fingerprint density at radius 1 is 1.14 bits per heavy atom. The van der Waals surface area contributed by atoms with E-state index in [2.05, 4.69) is 48.2 Å². The maximum atomic E-state index is 9.73. The van der Waals surface area contributed by atoms with Crippen molar-refractivity contribution >= 4 is 56.8 Å². The highest BCUT2D eigenvalue weighted by Crippen LogP contribution is 2.36. The van der Waals surface area contributed by atoms with Gasteiger partial charge in [0.05, 0.1) is 12.6 Å². The molecule has 3 aromatic rings. The molecule has 6 nitrogen and oxygen atoms in total. The summed E-state index contributed by atoms with van der Waals surface area (Å²) < 4.78 is 0.825. The van der Waals surface area contributed by atoms with Crippen LogP contribution >= 0.6 is 35.5 Å². The third-order valence-corrected chi connectivity index (χ3v) is 6.02. The first-order chi connectivity index (χ1) is 13.0. The van der Waals surface area contributed by atoms with E-state index in [1.165, 1.54) is 16.9 Å². The van der Waals surface area contributed by atoms with Gasteiger partial charge in [0.25, 0.3) is 0 Å². The first-order valence-electron chi connectivity index (χ1n) is 8.99. The number of aliphatic hydroxyl groups excluding tert-OH is 1. The molecular formula is C19H26ClN5OS2. The molecule has 0 amide bonds. The first kappa shape index (κ1) is 22.7. The molecule has 0 fully saturated rings. The van der Waals surface area contributed by atoms with Crippen LogP contribution in [0.1, 0.15) is 38.0 Å². The normalized spacial score (nSPS) is 13.3. The molecule has 2 aromatic heterocycles. The van der Waals surface area contributed by atoms with Gasteiger partial charge in [-0.15, -0.1) is 12.4 Å². The molecule has 0 aliphatic rings. The molecule has 0 unspecified atom stereocenters. The van der Waals surface area contributed by atoms with Crippen molar-refractivity contribution in [3.63, 3.8) is 0 Å². The quantitative estimate of drug-likeness (QED) is 0.343. The predicted molar refractivity (Wildman–Crippen MR) is 122 cm³/mol. The van der Waals surface area contributed by atoms with Gasteiger partial charge in [-0.25, -0.2) is 15.0 Å². The van der Waals surface area contributed by atoms with E-state index in [4.69, 9.17) is 10.7 Å². The minimum absolute atomic E-state index is 0. The number of anilines is 2. The van der Waals surface area contributed by atoms with Gasteiger partial charge in [-0.2, -0.15) is 0 Å². The lowest BCUT2D eigenvalue weighted by Gasteiger charge is -2.19. The zero-order chi connectivity index (χ0) is 19.4. The number of thiazole rings is 1. The monoisotopic (exact) mass is 439 g/mol. The van der Waals surface area contributed by atoms with Crippen LogP contribution < -0.4 is 11.1 Å². The second-order valence-corrected chi connectivity index (χ2v) is 9.22. The van der Waals surface area contributed by atoms with Crippen molar-refractivity contribution in [3.05, 3.63) is 35.9 Å². The summed E-state index contributed by atoms with van der Waals surface area (Å²) in [6, 6.07) is 10.2. The molecule has 28 heavy (non-hydrogen) atoms. The van der Waals surface area contributed by atoms with Crippen LogP contribution in [0.4, 0.5) is 10.9 Å². The summed E-state index contributed by atoms with van der Waals surface area (Å²) >= 11 is 2.94. The molecule has 152 valence electrons. The largest absolute Gasteiger partial charge is 0.394 e. The molecule has 0 saturated heterocycles. The summed E-state index contributed by atoms with van der Waals surface area (Å²) in [5.74, 6) is 1.15. The van der Waals surface area contributed by atoms with Gasteiger partial charge in [0.1, 0.15) is 4.70 Å². The summed E-state index contributed by atoms with van der Waals surface area (Å²) in [6.07, 6.45) is 0.846. The molecule has 0 saturated carbocycles. The third kappa shape index (κ3) is 5.70. The van der Waals surface area contributed by atoms with E-state index in [9.17, 15) is 5.11 Å². The van der Waals surface area contributed by atoms with Crippen molar-refractivity contribution in [3.8, 4) is 0 Å². The highest BCUT2D eigenvalue weighted by molar-refractivity contribution is 7.99. The lowest BCUT2D eigenvalue weighted by atomic mass is 10.0. The zero-order valence-corrected chi connectivity index (χ0v) is 18.6. The highest BCUT2D eigenvalue weighted by Gasteiger charge is 2.18. The Balaban J connectivity index is 0.00000280. The summed E-state index contributed by atoms with van der Waals surface area (Å²) in [6.45, 7) is 6.44. The van der Waals surface area contributed by atoms with Gasteiger partial charge in [-0.3, -0.25) is 0 Å². The number of fused-ring (bicyclic) bond motifs is 1. The standard InChI is InChI=1S/C19H25N5OS2.ClH/c1-11(2)9-14(10-25)21-16-15-17(22-18(20)27-15)24-19(23-16)26-12(3)13-7-5-4-6-8-13;/h4-8,11-12,14,25H,9-10H2,1-3H3,(H3,20,21,22,23,24);1H/t12-,14+;/m0./s1. The number of aromatic nitrogens is 3. The Morgan fingerprint density at radius 3 is 2.50 bits per heavy atom. The molecule has 0 aliphatic heterocycles. The summed E-state index contributed by atoms with van der Waals surface area (Å²) in [7, 11) is 0. The first-order valence-corrected chi connectivity index (χ1v) is 10.7. The Kier molecular flexibility index (Phi) is 8.30. The smallest absolute Gasteiger partial charge is 0.192 e. The Bertz CT molecular complexity index is 891. The number of aliphatic hydroxyl groups is 1. The Hall–Kier alpha value is -1.61. The maximum absolute atomic E-state index is 9.73. The van der Waals surface area contributed by atoms with Gasteiger partial charge < -0.3 is 16.2 Å². The summed E-state index contributed by atoms with van der Waals surface area (Å²) in [5, 5.41) is 14.4. The lowest BCUT2D eigenvalue weighted by molar-refractivity contribution is 0.259. The van der Waals surface area contributed by atoms with E-state index < -0.39 is 0 Å². The molecule has 0 bridgehead atoms. The van der Waals surface area contributed by atoms with E-state index in [-0.39, 0.29) is 30.3 Å². The van der Waals surface area contributed by atoms with E-state index in [1.54, 1.807) is 11.8 Å². The van der Waals surface area contributed by atoms with Gasteiger partial charge in [0.2, 0.25) is 0 Å². The number of nitrogens with one attached hydrogen (secondary N) is 1. The van der Waals surface area contributed by atoms with Crippen LogP contribution in [-0.2, 0) is 0 Å². The predicted octanol–water partition coefficient (Wildman–Crippen LogP) is 4.76. The van der Waals surface area contributed by atoms with Gasteiger partial charge in [-0.05, 0) is 24.8 Å². The summed E-state index contributed by atoms with van der Waals surface area (Å²) in [4.78, 5) is 13.6. The number of nitrogens with two attached hydrogens (primary N) is 1. The van der Waals surface area contributed by atoms with E-state index in [0.717, 1.165) is 11.1 Å². The number of nitrogens with zero attached hydrogens (tertiary/aromatic N) is 3. The van der Waals surface area contributed by atoms with Gasteiger partial charge in [-0.1, -0.05) is 67.3 Å². The van der Waals surface area contributed by atoms with E-state index >= 15 is 0 Å². The fourth-order valence-corrected chi connectivity index (χ4v) is 4.48. The van der Waals surface area contributed by atoms with Crippen molar-refractivity contribution in [2.45, 2.75) is 43.6 Å². The zero-order valence-electron chi connectivity index (χ0n) is 16.1. The van der Waals surface area contributed by atoms with Crippen LogP contribution in [0.25, 0.3) is 10.3 Å². The number of hydrogen-bond donors (Lipinski definition) is 3. The van der Waals surface area contributed by atoms with Crippen LogP contribution in [-0.4, -0.2) is 32.7 Å². The Morgan fingerprint density at radius 2 is 1.86 bits per heavy atom. The lowest BCUT2D eigenvalue weighted by Crippen LogP contribution is -2.26. The third-order valence-electron chi connectivity index (χ3n) is 4.12. The number of thioether (sulfide) groups is 1. The fraction of sp³-hybridized carbons (Fsp3) is 0.421. The molecule has 1 aromatic carbocycles. The van der Waals surface area contributed by atoms with Crippen molar-refractivity contribution in [1.82, 2.24) is 15.0 Å². The molecule has 0 spiro atoms. The fourth-order valence-electron chi connectivity index (χ4n) is 2.86. The number of nitrogen functional groups attached to an aromatic ring is 1. The van der Waals surface area contributed by atoms with Crippen molar-refractivity contribution in [2.24, 2.45) is 5.92 Å². The average molecular weight is 440 g/mol. The topological polar surface area (TPSA) is 97.0 Å². The van der Waals surface area contributed by atoms with Crippen LogP contribution in [0.15, 0.2) is 35.5 Å². The second-order valence-electron chi connectivity index (χ2n) is 6.88. The van der Waals surface area contributed by atoms with Gasteiger partial charge >= 0.3 is 0 Å². The molecule has 0 radical (unpaired) electrons. The second kappa shape index (κ2) is 10.2. The molecule has 0 aliphatic carbocycles. The summed E-state index contributed by atoms with van der Waals surface area (Å²) in [5.41, 5.74) is 7.71.